The van der Waals surface area contributed by atoms with Gasteiger partial charge in [0.05, 0.1) is 15.6 Å². The number of para-hydroxylation sites is 1. The first-order chi connectivity index (χ1) is 10.6. The van der Waals surface area contributed by atoms with Crippen molar-refractivity contribution in [1.82, 2.24) is 10.9 Å². The van der Waals surface area contributed by atoms with E-state index < -0.39 is 11.8 Å². The van der Waals surface area contributed by atoms with Gasteiger partial charge in [0.15, 0.2) is 6.61 Å². The van der Waals surface area contributed by atoms with Crippen LogP contribution in [0.5, 0.6) is 5.75 Å². The van der Waals surface area contributed by atoms with Crippen molar-refractivity contribution < 1.29 is 14.3 Å². The Morgan fingerprint density at radius 1 is 0.909 bits per heavy atom. The van der Waals surface area contributed by atoms with Gasteiger partial charge in [-0.15, -0.1) is 0 Å². The van der Waals surface area contributed by atoms with Crippen molar-refractivity contribution in [3.63, 3.8) is 0 Å². The molecule has 0 saturated carbocycles. The summed E-state index contributed by atoms with van der Waals surface area (Å²) in [6, 6.07) is 13.3. The fourth-order valence-electron chi connectivity index (χ4n) is 1.58. The van der Waals surface area contributed by atoms with E-state index in [1.165, 1.54) is 0 Å². The van der Waals surface area contributed by atoms with Gasteiger partial charge in [-0.05, 0) is 24.3 Å². The predicted molar refractivity (Wildman–Crippen MR) is 84.0 cm³/mol. The molecule has 2 aromatic carbocycles. The highest BCUT2D eigenvalue weighted by Gasteiger charge is 2.11. The minimum Gasteiger partial charge on any atom is -0.482 e. The van der Waals surface area contributed by atoms with Gasteiger partial charge in [0.25, 0.3) is 11.8 Å². The number of ether oxygens (including phenoxy) is 1. The van der Waals surface area contributed by atoms with Gasteiger partial charge in [-0.3, -0.25) is 20.4 Å². The third-order valence-electron chi connectivity index (χ3n) is 2.63. The molecule has 0 atom stereocenters. The highest BCUT2D eigenvalue weighted by Crippen LogP contribution is 2.22. The van der Waals surface area contributed by atoms with Crippen molar-refractivity contribution in [2.24, 2.45) is 0 Å². The van der Waals surface area contributed by atoms with E-state index in [1.54, 1.807) is 48.5 Å². The Morgan fingerprint density at radius 2 is 1.55 bits per heavy atom. The molecule has 0 aliphatic heterocycles. The Balaban J connectivity index is 1.82. The highest BCUT2D eigenvalue weighted by atomic mass is 35.5. The van der Waals surface area contributed by atoms with Gasteiger partial charge in [0, 0.05) is 0 Å². The Labute approximate surface area is 137 Å². The van der Waals surface area contributed by atoms with Crippen LogP contribution in [0.15, 0.2) is 48.5 Å². The first kappa shape index (κ1) is 16.1. The van der Waals surface area contributed by atoms with Crippen LogP contribution in [0.25, 0.3) is 0 Å². The second kappa shape index (κ2) is 7.68. The van der Waals surface area contributed by atoms with Crippen molar-refractivity contribution in [1.29, 1.82) is 0 Å². The number of rotatable bonds is 4. The summed E-state index contributed by atoms with van der Waals surface area (Å²) in [5, 5.41) is 0.692. The largest absolute Gasteiger partial charge is 0.482 e. The lowest BCUT2D eigenvalue weighted by molar-refractivity contribution is -0.123. The topological polar surface area (TPSA) is 67.4 Å². The van der Waals surface area contributed by atoms with Crippen LogP contribution >= 0.6 is 23.2 Å². The van der Waals surface area contributed by atoms with E-state index in [0.29, 0.717) is 15.8 Å². The minimum absolute atomic E-state index is 0.261. The number of benzene rings is 2. The highest BCUT2D eigenvalue weighted by molar-refractivity contribution is 6.33. The molecule has 0 spiro atoms. The summed E-state index contributed by atoms with van der Waals surface area (Å²) in [6.07, 6.45) is 0. The normalized spacial score (nSPS) is 9.91. The van der Waals surface area contributed by atoms with Crippen LogP contribution in [0, 0.1) is 0 Å². The van der Waals surface area contributed by atoms with Crippen LogP contribution in [0.3, 0.4) is 0 Å². The molecule has 0 fully saturated rings. The molecule has 0 aliphatic carbocycles. The van der Waals surface area contributed by atoms with Gasteiger partial charge in [0.2, 0.25) is 0 Å². The summed E-state index contributed by atoms with van der Waals surface area (Å²) in [6.45, 7) is -0.285. The van der Waals surface area contributed by atoms with E-state index in [1.807, 2.05) is 0 Å². The lowest BCUT2D eigenvalue weighted by Gasteiger charge is -2.10. The summed E-state index contributed by atoms with van der Waals surface area (Å²) in [4.78, 5) is 23.4. The standard InChI is InChI=1S/C15H12Cl2N2O3/c16-11-6-2-1-5-10(11)15(21)19-18-14(20)9-22-13-8-4-3-7-12(13)17/h1-8H,9H2,(H,18,20)(H,19,21). The van der Waals surface area contributed by atoms with Crippen molar-refractivity contribution in [3.05, 3.63) is 64.1 Å². The number of amides is 2. The number of hydrogen-bond acceptors (Lipinski definition) is 3. The van der Waals surface area contributed by atoms with Crippen LogP contribution in [-0.4, -0.2) is 18.4 Å². The van der Waals surface area contributed by atoms with Crippen LogP contribution < -0.4 is 15.6 Å². The molecule has 0 aromatic heterocycles. The molecule has 2 aromatic rings. The second-order valence-corrected chi connectivity index (χ2v) is 5.02. The van der Waals surface area contributed by atoms with Crippen LogP contribution in [-0.2, 0) is 4.79 Å². The van der Waals surface area contributed by atoms with Gasteiger partial charge >= 0.3 is 0 Å². The van der Waals surface area contributed by atoms with Crippen LogP contribution in [0.1, 0.15) is 10.4 Å². The molecule has 5 nitrogen and oxygen atoms in total. The average molecular weight is 339 g/mol. The first-order valence-electron chi connectivity index (χ1n) is 6.29. The molecule has 0 radical (unpaired) electrons. The third-order valence-corrected chi connectivity index (χ3v) is 3.27. The molecule has 2 amide bonds. The first-order valence-corrected chi connectivity index (χ1v) is 7.04. The van der Waals surface area contributed by atoms with Crippen molar-refractivity contribution in [2.75, 3.05) is 6.61 Å². The number of halogens is 2. The maximum atomic E-state index is 11.8. The SMILES string of the molecule is O=C(COc1ccccc1Cl)NNC(=O)c1ccccc1Cl. The molecule has 114 valence electrons. The molecule has 0 heterocycles. The maximum Gasteiger partial charge on any atom is 0.276 e. The number of hydrogen-bond donors (Lipinski definition) is 2. The maximum absolute atomic E-state index is 11.8. The zero-order valence-corrected chi connectivity index (χ0v) is 12.8. The summed E-state index contributed by atoms with van der Waals surface area (Å²) in [5.74, 6) is -0.659. The quantitative estimate of drug-likeness (QED) is 0.842. The zero-order valence-electron chi connectivity index (χ0n) is 11.3. The summed E-state index contributed by atoms with van der Waals surface area (Å²) >= 11 is 11.8. The molecule has 7 heteroatoms. The molecule has 2 rings (SSSR count). The van der Waals surface area contributed by atoms with Gasteiger partial charge in [0.1, 0.15) is 5.75 Å². The monoisotopic (exact) mass is 338 g/mol. The average Bonchev–Trinajstić information content (AvgIpc) is 2.52. The Morgan fingerprint density at radius 3 is 2.23 bits per heavy atom. The molecule has 2 N–H and O–H groups in total. The fraction of sp³-hybridized carbons (Fsp3) is 0.0667. The van der Waals surface area contributed by atoms with Crippen LogP contribution in [0.2, 0.25) is 10.0 Å². The molecule has 0 unspecified atom stereocenters. The predicted octanol–water partition coefficient (Wildman–Crippen LogP) is 2.83. The third kappa shape index (κ3) is 4.38. The summed E-state index contributed by atoms with van der Waals surface area (Å²) in [7, 11) is 0. The lowest BCUT2D eigenvalue weighted by Crippen LogP contribution is -2.43. The van der Waals surface area contributed by atoms with Gasteiger partial charge < -0.3 is 4.74 Å². The fourth-order valence-corrected chi connectivity index (χ4v) is 1.99. The number of carbonyl (C=O) groups excluding carboxylic acids is 2. The van der Waals surface area contributed by atoms with Gasteiger partial charge in [-0.25, -0.2) is 0 Å². The van der Waals surface area contributed by atoms with Crippen molar-refractivity contribution >= 4 is 35.0 Å². The molecule has 0 aliphatic rings. The number of carbonyl (C=O) groups is 2. The molecule has 0 bridgehead atoms. The Kier molecular flexibility index (Phi) is 5.63. The molecule has 0 saturated heterocycles. The summed E-state index contributed by atoms with van der Waals surface area (Å²) < 4.78 is 5.24. The van der Waals surface area contributed by atoms with Gasteiger partial charge in [-0.1, -0.05) is 47.5 Å². The van der Waals surface area contributed by atoms with E-state index in [-0.39, 0.29) is 12.2 Å². The molecule has 22 heavy (non-hydrogen) atoms. The summed E-state index contributed by atoms with van der Waals surface area (Å²) in [5.41, 5.74) is 4.75. The van der Waals surface area contributed by atoms with Crippen molar-refractivity contribution in [3.8, 4) is 5.75 Å². The van der Waals surface area contributed by atoms with E-state index in [9.17, 15) is 9.59 Å². The number of nitrogens with one attached hydrogen (secondary N) is 2. The Bertz CT molecular complexity index is 692. The van der Waals surface area contributed by atoms with E-state index in [2.05, 4.69) is 10.9 Å². The zero-order chi connectivity index (χ0) is 15.9. The molecular formula is C15H12Cl2N2O3. The second-order valence-electron chi connectivity index (χ2n) is 4.20. The van der Waals surface area contributed by atoms with E-state index in [4.69, 9.17) is 27.9 Å². The molecular weight excluding hydrogens is 327 g/mol. The number of hydrazine groups is 1. The Hall–Kier alpha value is -2.24. The van der Waals surface area contributed by atoms with Crippen LogP contribution in [0.4, 0.5) is 0 Å². The van der Waals surface area contributed by atoms with E-state index in [0.717, 1.165) is 0 Å². The minimum atomic E-state index is -0.527. The van der Waals surface area contributed by atoms with Crippen molar-refractivity contribution in [2.45, 2.75) is 0 Å². The van der Waals surface area contributed by atoms with E-state index >= 15 is 0 Å². The lowest BCUT2D eigenvalue weighted by atomic mass is 10.2. The van der Waals surface area contributed by atoms with Gasteiger partial charge in [-0.2, -0.15) is 0 Å². The smallest absolute Gasteiger partial charge is 0.276 e.